The Balaban J connectivity index is 3.81. The van der Waals surface area contributed by atoms with Crippen LogP contribution in [0.15, 0.2) is 0 Å². The second-order valence-corrected chi connectivity index (χ2v) is 14.8. The summed E-state index contributed by atoms with van der Waals surface area (Å²) < 4.78 is 12.5. The van der Waals surface area contributed by atoms with Crippen molar-refractivity contribution < 1.29 is 8.85 Å². The Morgan fingerprint density at radius 3 is 1.12 bits per heavy atom. The molecule has 0 atom stereocenters. The lowest BCUT2D eigenvalue weighted by Crippen LogP contribution is -2.37. The molecule has 0 saturated carbocycles. The van der Waals surface area contributed by atoms with Crippen molar-refractivity contribution >= 4 is 18.9 Å². The highest BCUT2D eigenvalue weighted by Crippen LogP contribution is 2.25. The van der Waals surface area contributed by atoms with E-state index in [9.17, 15) is 0 Å². The Kier molecular flexibility index (Phi) is 25.8. The summed E-state index contributed by atoms with van der Waals surface area (Å²) in [4.78, 5) is 0. The zero-order valence-electron chi connectivity index (χ0n) is 23.2. The van der Waals surface area contributed by atoms with Gasteiger partial charge in [-0.2, -0.15) is 0 Å². The molecule has 0 radical (unpaired) electrons. The second-order valence-electron chi connectivity index (χ2n) is 10.7. The fourth-order valence-electron chi connectivity index (χ4n) is 4.28. The second kappa shape index (κ2) is 25.5. The first-order chi connectivity index (χ1) is 16.0. The number of rotatable bonds is 27. The van der Waals surface area contributed by atoms with Gasteiger partial charge in [0.15, 0.2) is 0 Å². The van der Waals surface area contributed by atoms with Gasteiger partial charge < -0.3 is 8.85 Å². The van der Waals surface area contributed by atoms with Gasteiger partial charge in [-0.15, -0.1) is 0 Å². The summed E-state index contributed by atoms with van der Waals surface area (Å²) in [6.45, 7) is 10.6. The van der Waals surface area contributed by atoms with Crippen LogP contribution >= 0.6 is 11.1 Å². The van der Waals surface area contributed by atoms with E-state index >= 15 is 0 Å². The average molecular weight is 505 g/mol. The third kappa shape index (κ3) is 25.3. The first kappa shape index (κ1) is 33.4. The molecule has 0 N–H and O–H groups in total. The van der Waals surface area contributed by atoms with Crippen molar-refractivity contribution in [2.45, 2.75) is 169 Å². The van der Waals surface area contributed by atoms with Gasteiger partial charge in [-0.3, -0.25) is 0 Å². The summed E-state index contributed by atoms with van der Waals surface area (Å²) in [5, 5.41) is 0. The van der Waals surface area contributed by atoms with E-state index in [1.807, 2.05) is 0 Å². The summed E-state index contributed by atoms with van der Waals surface area (Å²) in [5.41, 5.74) is 0. The predicted octanol–water partition coefficient (Wildman–Crippen LogP) is 11.1. The molecule has 2 nitrogen and oxygen atoms in total. The van der Waals surface area contributed by atoms with E-state index in [0.29, 0.717) is 5.92 Å². The molecule has 0 heterocycles. The minimum absolute atomic E-state index is 0.650. The fourth-order valence-corrected chi connectivity index (χ4v) is 7.26. The topological polar surface area (TPSA) is 18.5 Å². The van der Waals surface area contributed by atoms with Crippen molar-refractivity contribution in [2.75, 3.05) is 13.2 Å². The fraction of sp³-hybridized carbons (Fsp3) is 1.00. The highest BCUT2D eigenvalue weighted by molar-refractivity contribution is 7.12. The normalized spacial score (nSPS) is 12.2. The van der Waals surface area contributed by atoms with Gasteiger partial charge in [-0.05, 0) is 25.2 Å². The Morgan fingerprint density at radius 1 is 0.515 bits per heavy atom. The molecule has 0 spiro atoms. The minimum Gasteiger partial charge on any atom is -0.383 e. The molecule has 0 rings (SSSR count). The summed E-state index contributed by atoms with van der Waals surface area (Å²) in [5.74, 6) is 0.650. The first-order valence-corrected chi connectivity index (χ1v) is 18.0. The summed E-state index contributed by atoms with van der Waals surface area (Å²) in [6.07, 6.45) is 28.1. The Hall–Kier alpha value is 0.427. The SMILES string of the molecule is CCCCCCCCCCCCO[Si](Cl)(CCC(C)C)OCCCCCCCCCCCC. The van der Waals surface area contributed by atoms with Gasteiger partial charge >= 0.3 is 7.87 Å². The van der Waals surface area contributed by atoms with Crippen molar-refractivity contribution in [3.63, 3.8) is 0 Å². The number of hydrogen-bond acceptors (Lipinski definition) is 2. The van der Waals surface area contributed by atoms with Crippen LogP contribution in [-0.4, -0.2) is 21.1 Å². The van der Waals surface area contributed by atoms with E-state index in [2.05, 4.69) is 27.7 Å². The molecule has 0 aliphatic rings. The predicted molar refractivity (Wildman–Crippen MR) is 151 cm³/mol. The monoisotopic (exact) mass is 504 g/mol. The standard InChI is InChI=1S/C29H61ClO2Si/c1-5-7-9-11-13-15-17-19-21-23-26-31-33(30,28-25-29(3)4)32-27-24-22-20-18-16-14-12-10-8-6-2/h29H,5-28H2,1-4H3. The van der Waals surface area contributed by atoms with Crippen LogP contribution in [0.1, 0.15) is 163 Å². The summed E-state index contributed by atoms with van der Waals surface area (Å²) in [7, 11) is -2.53. The average Bonchev–Trinajstić information content (AvgIpc) is 2.80. The van der Waals surface area contributed by atoms with Gasteiger partial charge in [-0.25, -0.2) is 0 Å². The maximum Gasteiger partial charge on any atom is 0.443 e. The number of unbranched alkanes of at least 4 members (excludes halogenated alkanes) is 18. The van der Waals surface area contributed by atoms with E-state index < -0.39 is 7.87 Å². The molecule has 0 saturated heterocycles. The van der Waals surface area contributed by atoms with E-state index in [-0.39, 0.29) is 0 Å². The molecule has 0 aromatic rings. The molecule has 0 aliphatic heterocycles. The smallest absolute Gasteiger partial charge is 0.383 e. The Bertz CT molecular complexity index is 353. The molecule has 0 amide bonds. The van der Waals surface area contributed by atoms with Gasteiger partial charge in [0.25, 0.3) is 0 Å². The van der Waals surface area contributed by atoms with Crippen LogP contribution in [0.3, 0.4) is 0 Å². The van der Waals surface area contributed by atoms with Crippen LogP contribution in [0.2, 0.25) is 6.04 Å². The summed E-state index contributed by atoms with van der Waals surface area (Å²) in [6, 6.07) is 0.918. The maximum absolute atomic E-state index is 6.92. The maximum atomic E-state index is 6.92. The number of hydrogen-bond donors (Lipinski definition) is 0. The lowest BCUT2D eigenvalue weighted by molar-refractivity contribution is 0.178. The molecule has 0 unspecified atom stereocenters. The lowest BCUT2D eigenvalue weighted by atomic mass is 10.1. The number of halogens is 1. The van der Waals surface area contributed by atoms with Crippen LogP contribution in [0, 0.1) is 5.92 Å². The molecule has 4 heteroatoms. The van der Waals surface area contributed by atoms with E-state index in [1.54, 1.807) is 0 Å². The largest absolute Gasteiger partial charge is 0.443 e. The molecule has 200 valence electrons. The summed E-state index contributed by atoms with van der Waals surface area (Å²) >= 11 is 6.92. The third-order valence-corrected chi connectivity index (χ3v) is 10.0. The van der Waals surface area contributed by atoms with Gasteiger partial charge in [0.05, 0.1) is 0 Å². The Morgan fingerprint density at radius 2 is 0.818 bits per heavy atom. The van der Waals surface area contributed by atoms with Crippen LogP contribution in [-0.2, 0) is 8.85 Å². The Labute approximate surface area is 215 Å². The van der Waals surface area contributed by atoms with Crippen molar-refractivity contribution in [3.8, 4) is 0 Å². The molecule has 0 bridgehead atoms. The van der Waals surface area contributed by atoms with E-state index in [4.69, 9.17) is 19.9 Å². The van der Waals surface area contributed by atoms with Gasteiger partial charge in [0.2, 0.25) is 0 Å². The highest BCUT2D eigenvalue weighted by atomic mass is 35.6. The van der Waals surface area contributed by atoms with Gasteiger partial charge in [0.1, 0.15) is 0 Å². The van der Waals surface area contributed by atoms with Crippen LogP contribution < -0.4 is 0 Å². The minimum atomic E-state index is -2.53. The third-order valence-electron chi connectivity index (χ3n) is 6.65. The lowest BCUT2D eigenvalue weighted by Gasteiger charge is -2.25. The van der Waals surface area contributed by atoms with Crippen LogP contribution in [0.4, 0.5) is 0 Å². The highest BCUT2D eigenvalue weighted by Gasteiger charge is 2.35. The molecule has 0 aliphatic carbocycles. The van der Waals surface area contributed by atoms with Crippen molar-refractivity contribution in [1.29, 1.82) is 0 Å². The molecular formula is C29H61ClO2Si. The van der Waals surface area contributed by atoms with E-state index in [0.717, 1.165) is 38.5 Å². The molecule has 0 aromatic carbocycles. The zero-order chi connectivity index (χ0) is 24.5. The van der Waals surface area contributed by atoms with E-state index in [1.165, 1.54) is 116 Å². The zero-order valence-corrected chi connectivity index (χ0v) is 25.0. The molecule has 33 heavy (non-hydrogen) atoms. The molecule has 0 aromatic heterocycles. The molecular weight excluding hydrogens is 444 g/mol. The quantitative estimate of drug-likeness (QED) is 0.0628. The van der Waals surface area contributed by atoms with Crippen LogP contribution in [0.5, 0.6) is 0 Å². The van der Waals surface area contributed by atoms with Crippen LogP contribution in [0.25, 0.3) is 0 Å². The van der Waals surface area contributed by atoms with Gasteiger partial charge in [-0.1, -0.05) is 154 Å². The van der Waals surface area contributed by atoms with Gasteiger partial charge in [0, 0.05) is 19.3 Å². The molecule has 0 fully saturated rings. The first-order valence-electron chi connectivity index (χ1n) is 15.0. The van der Waals surface area contributed by atoms with Crippen molar-refractivity contribution in [2.24, 2.45) is 5.92 Å². The van der Waals surface area contributed by atoms with Crippen molar-refractivity contribution in [1.82, 2.24) is 0 Å². The van der Waals surface area contributed by atoms with Crippen molar-refractivity contribution in [3.05, 3.63) is 0 Å².